The van der Waals surface area contributed by atoms with E-state index in [2.05, 4.69) is 31.9 Å². The molecule has 0 aliphatic rings. The number of methoxy groups -OCH3 is 1. The summed E-state index contributed by atoms with van der Waals surface area (Å²) in [6.07, 6.45) is 0.666. The maximum absolute atomic E-state index is 9.75. The highest BCUT2D eigenvalue weighted by atomic mass is 79.9. The van der Waals surface area contributed by atoms with Gasteiger partial charge >= 0.3 is 0 Å². The topological polar surface area (TPSA) is 81.5 Å². The minimum absolute atomic E-state index is 0. The molecule has 0 aliphatic heterocycles. The van der Waals surface area contributed by atoms with Crippen molar-refractivity contribution in [1.29, 1.82) is 0 Å². The third-order valence-electron chi connectivity index (χ3n) is 2.27. The van der Waals surface area contributed by atoms with Crippen LogP contribution >= 0.6 is 44.3 Å². The standard InChI is InChI=1S/C10H14Br2N2O2.ClH/c1-16-7-4-5(6(14)2-3-13)8(11)9(12)10(7)15;/h4,6,15H,2-3,13-14H2,1H3;1H/t6-;/m0./s1. The van der Waals surface area contributed by atoms with Gasteiger partial charge in [-0.1, -0.05) is 0 Å². The molecule has 0 spiro atoms. The molecule has 0 bridgehead atoms. The van der Waals surface area contributed by atoms with E-state index in [1.165, 1.54) is 7.11 Å². The molecule has 0 amide bonds. The number of ether oxygens (including phenoxy) is 1. The van der Waals surface area contributed by atoms with Crippen LogP contribution in [0.15, 0.2) is 15.0 Å². The molecule has 0 unspecified atom stereocenters. The Balaban J connectivity index is 0.00000256. The summed E-state index contributed by atoms with van der Waals surface area (Å²) in [5.74, 6) is 0.440. The first kappa shape index (κ1) is 17.0. The zero-order chi connectivity index (χ0) is 12.3. The number of rotatable bonds is 4. The van der Waals surface area contributed by atoms with Gasteiger partial charge in [0.25, 0.3) is 0 Å². The number of hydrogen-bond acceptors (Lipinski definition) is 4. The molecule has 4 nitrogen and oxygen atoms in total. The van der Waals surface area contributed by atoms with Gasteiger partial charge in [-0.3, -0.25) is 0 Å². The van der Waals surface area contributed by atoms with E-state index in [4.69, 9.17) is 16.2 Å². The second-order valence-electron chi connectivity index (χ2n) is 3.33. The summed E-state index contributed by atoms with van der Waals surface area (Å²) in [5.41, 5.74) is 12.3. The quantitative estimate of drug-likeness (QED) is 0.738. The van der Waals surface area contributed by atoms with Crippen molar-refractivity contribution >= 4 is 44.3 Å². The number of phenolic OH excluding ortho intramolecular Hbond substituents is 1. The molecule has 0 heterocycles. The second-order valence-corrected chi connectivity index (χ2v) is 4.91. The fourth-order valence-corrected chi connectivity index (χ4v) is 2.39. The van der Waals surface area contributed by atoms with Crippen LogP contribution in [0.5, 0.6) is 11.5 Å². The summed E-state index contributed by atoms with van der Waals surface area (Å²) in [7, 11) is 1.49. The Morgan fingerprint density at radius 2 is 2.00 bits per heavy atom. The average molecular weight is 391 g/mol. The Hall–Kier alpha value is -0.0100. The predicted molar refractivity (Wildman–Crippen MR) is 77.9 cm³/mol. The van der Waals surface area contributed by atoms with Crippen LogP contribution in [0.25, 0.3) is 0 Å². The lowest BCUT2D eigenvalue weighted by atomic mass is 10.0. The minimum atomic E-state index is -0.190. The molecule has 5 N–H and O–H groups in total. The van der Waals surface area contributed by atoms with Gasteiger partial charge in [-0.2, -0.15) is 0 Å². The van der Waals surface area contributed by atoms with Gasteiger partial charge in [0.2, 0.25) is 0 Å². The molecule has 1 atom stereocenters. The molecule has 0 saturated heterocycles. The molecule has 0 radical (unpaired) electrons. The summed E-state index contributed by atoms with van der Waals surface area (Å²) in [6.45, 7) is 0.508. The van der Waals surface area contributed by atoms with Crippen molar-refractivity contribution in [3.63, 3.8) is 0 Å². The van der Waals surface area contributed by atoms with Crippen molar-refractivity contribution < 1.29 is 9.84 Å². The van der Waals surface area contributed by atoms with E-state index in [1.54, 1.807) is 6.07 Å². The summed E-state index contributed by atoms with van der Waals surface area (Å²) < 4.78 is 6.33. The van der Waals surface area contributed by atoms with Crippen LogP contribution in [0.4, 0.5) is 0 Å². The molecule has 1 rings (SSSR count). The van der Waals surface area contributed by atoms with Crippen LogP contribution in [0.1, 0.15) is 18.0 Å². The maximum atomic E-state index is 9.75. The van der Waals surface area contributed by atoms with Crippen molar-refractivity contribution in [2.24, 2.45) is 11.5 Å². The van der Waals surface area contributed by atoms with Gasteiger partial charge in [-0.15, -0.1) is 12.4 Å². The van der Waals surface area contributed by atoms with Crippen LogP contribution in [0.3, 0.4) is 0 Å². The highest BCUT2D eigenvalue weighted by molar-refractivity contribution is 9.13. The smallest absolute Gasteiger partial charge is 0.173 e. The number of aromatic hydroxyl groups is 1. The summed E-state index contributed by atoms with van der Waals surface area (Å²) in [4.78, 5) is 0. The Labute approximate surface area is 123 Å². The second kappa shape index (κ2) is 7.43. The van der Waals surface area contributed by atoms with Gasteiger partial charge in [0.1, 0.15) is 0 Å². The molecule has 1 aromatic rings. The summed E-state index contributed by atoms with van der Waals surface area (Å²) in [5, 5.41) is 9.75. The van der Waals surface area contributed by atoms with Gasteiger partial charge < -0.3 is 21.3 Å². The fraction of sp³-hybridized carbons (Fsp3) is 0.400. The van der Waals surface area contributed by atoms with Crippen molar-refractivity contribution in [2.45, 2.75) is 12.5 Å². The van der Waals surface area contributed by atoms with Gasteiger partial charge in [0, 0.05) is 10.5 Å². The molecule has 0 aromatic heterocycles. The molecule has 98 valence electrons. The molecular formula is C10H15Br2ClN2O2. The minimum Gasteiger partial charge on any atom is -0.503 e. The first-order chi connectivity index (χ1) is 7.52. The van der Waals surface area contributed by atoms with Crippen LogP contribution in [-0.4, -0.2) is 18.8 Å². The third-order valence-corrected chi connectivity index (χ3v) is 4.43. The Morgan fingerprint density at radius 1 is 1.41 bits per heavy atom. The van der Waals surface area contributed by atoms with Gasteiger partial charge in [0.05, 0.1) is 11.6 Å². The highest BCUT2D eigenvalue weighted by Gasteiger charge is 2.18. The van der Waals surface area contributed by atoms with E-state index in [0.717, 1.165) is 10.0 Å². The van der Waals surface area contributed by atoms with Gasteiger partial charge in [-0.05, 0) is 56.5 Å². The fourth-order valence-electron chi connectivity index (χ4n) is 1.37. The van der Waals surface area contributed by atoms with E-state index < -0.39 is 0 Å². The summed E-state index contributed by atoms with van der Waals surface area (Å²) >= 11 is 6.66. The maximum Gasteiger partial charge on any atom is 0.173 e. The molecule has 1 aromatic carbocycles. The van der Waals surface area contributed by atoms with E-state index in [1.807, 2.05) is 0 Å². The lowest BCUT2D eigenvalue weighted by Gasteiger charge is -2.16. The van der Waals surface area contributed by atoms with Crippen LogP contribution in [-0.2, 0) is 0 Å². The first-order valence-corrected chi connectivity index (χ1v) is 6.32. The van der Waals surface area contributed by atoms with Gasteiger partial charge in [0.15, 0.2) is 11.5 Å². The Kier molecular flexibility index (Phi) is 7.43. The lowest BCUT2D eigenvalue weighted by molar-refractivity contribution is 0.370. The van der Waals surface area contributed by atoms with E-state index in [9.17, 15) is 5.11 Å². The third kappa shape index (κ3) is 3.72. The number of nitrogens with two attached hydrogens (primary N) is 2. The lowest BCUT2D eigenvalue weighted by Crippen LogP contribution is -2.16. The Bertz CT molecular complexity index is 391. The molecule has 17 heavy (non-hydrogen) atoms. The first-order valence-electron chi connectivity index (χ1n) is 4.73. The molecule has 0 saturated carbocycles. The van der Waals surface area contributed by atoms with Crippen molar-refractivity contribution in [3.05, 3.63) is 20.6 Å². The molecule has 0 fully saturated rings. The van der Waals surface area contributed by atoms with Gasteiger partial charge in [-0.25, -0.2) is 0 Å². The number of halogens is 3. The zero-order valence-electron chi connectivity index (χ0n) is 9.24. The van der Waals surface area contributed by atoms with Crippen molar-refractivity contribution in [3.8, 4) is 11.5 Å². The van der Waals surface area contributed by atoms with Crippen LogP contribution < -0.4 is 16.2 Å². The number of phenols is 1. The van der Waals surface area contributed by atoms with E-state index in [-0.39, 0.29) is 24.2 Å². The number of benzene rings is 1. The van der Waals surface area contributed by atoms with Crippen LogP contribution in [0.2, 0.25) is 0 Å². The largest absolute Gasteiger partial charge is 0.503 e. The predicted octanol–water partition coefficient (Wildman–Crippen LogP) is 2.70. The van der Waals surface area contributed by atoms with E-state index >= 15 is 0 Å². The SMILES string of the molecule is COc1cc([C@@H](N)CCN)c(Br)c(Br)c1O.Cl. The monoisotopic (exact) mass is 388 g/mol. The van der Waals surface area contributed by atoms with Crippen molar-refractivity contribution in [1.82, 2.24) is 0 Å². The molecule has 0 aliphatic carbocycles. The summed E-state index contributed by atoms with van der Waals surface area (Å²) in [6, 6.07) is 1.52. The average Bonchev–Trinajstić information content (AvgIpc) is 2.27. The highest BCUT2D eigenvalue weighted by Crippen LogP contribution is 2.43. The Morgan fingerprint density at radius 3 is 2.47 bits per heavy atom. The zero-order valence-corrected chi connectivity index (χ0v) is 13.2. The molecular weight excluding hydrogens is 375 g/mol. The van der Waals surface area contributed by atoms with Crippen molar-refractivity contribution in [2.75, 3.05) is 13.7 Å². The van der Waals surface area contributed by atoms with E-state index in [0.29, 0.717) is 23.2 Å². The number of hydrogen-bond donors (Lipinski definition) is 3. The normalized spacial score (nSPS) is 11.8. The van der Waals surface area contributed by atoms with Crippen LogP contribution in [0, 0.1) is 0 Å². The molecule has 7 heteroatoms.